The predicted molar refractivity (Wildman–Crippen MR) is 70.5 cm³/mol. The fraction of sp³-hybridized carbons (Fsp3) is 0.500. The minimum absolute atomic E-state index is 0.527. The fourth-order valence-corrected chi connectivity index (χ4v) is 3.95. The van der Waals surface area contributed by atoms with E-state index in [1.807, 2.05) is 11.8 Å². The molecule has 15 heavy (non-hydrogen) atoms. The maximum absolute atomic E-state index is 3.64. The molecule has 0 fully saturated rings. The van der Waals surface area contributed by atoms with Gasteiger partial charge in [-0.2, -0.15) is 0 Å². The number of hydrogen-bond acceptors (Lipinski definition) is 2. The van der Waals surface area contributed by atoms with Crippen molar-refractivity contribution < 1.29 is 0 Å². The number of halogens is 1. The Labute approximate surface area is 104 Å². The molecule has 1 aromatic rings. The zero-order valence-electron chi connectivity index (χ0n) is 9.09. The maximum Gasteiger partial charge on any atom is 0.0342 e. The average molecular weight is 286 g/mol. The highest BCUT2D eigenvalue weighted by Gasteiger charge is 2.25. The van der Waals surface area contributed by atoms with Gasteiger partial charge in [0, 0.05) is 20.7 Å². The first kappa shape index (κ1) is 11.5. The first-order chi connectivity index (χ1) is 7.22. The zero-order chi connectivity index (χ0) is 10.8. The molecule has 1 heterocycles. The first-order valence-electron chi connectivity index (χ1n) is 5.40. The van der Waals surface area contributed by atoms with Gasteiger partial charge in [-0.3, -0.25) is 0 Å². The van der Waals surface area contributed by atoms with Crippen LogP contribution in [0.4, 0.5) is 0 Å². The highest BCUT2D eigenvalue weighted by Crippen LogP contribution is 2.43. The Bertz CT molecular complexity index is 353. The number of nitrogens with one attached hydrogen (secondary N) is 1. The number of fused-ring (bicyclic) bond motifs is 1. The highest BCUT2D eigenvalue weighted by atomic mass is 79.9. The Morgan fingerprint density at radius 2 is 2.33 bits per heavy atom. The summed E-state index contributed by atoms with van der Waals surface area (Å²) in [6.45, 7) is 5.51. The molecular weight excluding hydrogens is 270 g/mol. The van der Waals surface area contributed by atoms with Crippen molar-refractivity contribution in [2.75, 3.05) is 6.54 Å². The van der Waals surface area contributed by atoms with Gasteiger partial charge in [0.25, 0.3) is 0 Å². The lowest BCUT2D eigenvalue weighted by Gasteiger charge is -2.30. The van der Waals surface area contributed by atoms with Gasteiger partial charge in [-0.25, -0.2) is 0 Å². The Hall–Kier alpha value is 0.0100. The molecule has 1 aromatic carbocycles. The van der Waals surface area contributed by atoms with Gasteiger partial charge in [-0.15, -0.1) is 11.8 Å². The number of thioether (sulfide) groups is 1. The Morgan fingerprint density at radius 3 is 3.07 bits per heavy atom. The van der Waals surface area contributed by atoms with E-state index in [1.165, 1.54) is 21.4 Å². The molecule has 0 bridgehead atoms. The minimum Gasteiger partial charge on any atom is -0.310 e. The van der Waals surface area contributed by atoms with Crippen molar-refractivity contribution >= 4 is 27.7 Å². The van der Waals surface area contributed by atoms with E-state index in [0.717, 1.165) is 6.54 Å². The lowest BCUT2D eigenvalue weighted by Crippen LogP contribution is -2.27. The van der Waals surface area contributed by atoms with E-state index in [4.69, 9.17) is 0 Å². The van der Waals surface area contributed by atoms with Crippen molar-refractivity contribution in [3.8, 4) is 0 Å². The predicted octanol–water partition coefficient (Wildman–Crippen LogP) is 3.98. The van der Waals surface area contributed by atoms with Crippen LogP contribution in [-0.4, -0.2) is 11.8 Å². The summed E-state index contributed by atoms with van der Waals surface area (Å²) in [5.41, 5.74) is 1.45. The second-order valence-corrected chi connectivity index (χ2v) is 6.24. The molecule has 2 atom stereocenters. The van der Waals surface area contributed by atoms with Crippen molar-refractivity contribution in [1.82, 2.24) is 5.32 Å². The highest BCUT2D eigenvalue weighted by molar-refractivity contribution is 9.10. The SMILES string of the molecule is CCNC1CC(C)Sc2c(Br)cccc21. The summed E-state index contributed by atoms with van der Waals surface area (Å²) in [7, 11) is 0. The standard InChI is InChI=1S/C12H16BrNS/c1-3-14-11-7-8(2)15-12-9(11)5-4-6-10(12)13/h4-6,8,11,14H,3,7H2,1-2H3. The van der Waals surface area contributed by atoms with Crippen LogP contribution >= 0.6 is 27.7 Å². The molecule has 1 aliphatic heterocycles. The molecule has 1 nitrogen and oxygen atoms in total. The van der Waals surface area contributed by atoms with Crippen LogP contribution in [0.2, 0.25) is 0 Å². The van der Waals surface area contributed by atoms with Gasteiger partial charge >= 0.3 is 0 Å². The van der Waals surface area contributed by atoms with Gasteiger partial charge in [0.15, 0.2) is 0 Å². The summed E-state index contributed by atoms with van der Waals surface area (Å²) >= 11 is 5.62. The molecular formula is C12H16BrNS. The third-order valence-electron chi connectivity index (χ3n) is 2.71. The third-order valence-corrected chi connectivity index (χ3v) is 4.92. The van der Waals surface area contributed by atoms with Crippen molar-refractivity contribution in [3.63, 3.8) is 0 Å². The first-order valence-corrected chi connectivity index (χ1v) is 7.08. The lowest BCUT2D eigenvalue weighted by molar-refractivity contribution is 0.499. The molecule has 0 spiro atoms. The number of rotatable bonds is 2. The van der Waals surface area contributed by atoms with Gasteiger partial charge < -0.3 is 5.32 Å². The van der Waals surface area contributed by atoms with E-state index in [9.17, 15) is 0 Å². The summed E-state index contributed by atoms with van der Waals surface area (Å²) in [4.78, 5) is 1.42. The van der Waals surface area contributed by atoms with E-state index in [0.29, 0.717) is 11.3 Å². The quantitative estimate of drug-likeness (QED) is 0.882. The average Bonchev–Trinajstić information content (AvgIpc) is 2.20. The molecule has 82 valence electrons. The van der Waals surface area contributed by atoms with Crippen LogP contribution in [0.15, 0.2) is 27.6 Å². The number of benzene rings is 1. The molecule has 1 aliphatic rings. The molecule has 2 unspecified atom stereocenters. The van der Waals surface area contributed by atoms with Crippen molar-refractivity contribution in [1.29, 1.82) is 0 Å². The molecule has 0 amide bonds. The van der Waals surface area contributed by atoms with Crippen LogP contribution in [0, 0.1) is 0 Å². The lowest BCUT2D eigenvalue weighted by atomic mass is 10.0. The van der Waals surface area contributed by atoms with Gasteiger partial charge in [0.1, 0.15) is 0 Å². The van der Waals surface area contributed by atoms with Crippen LogP contribution < -0.4 is 5.32 Å². The molecule has 0 aromatic heterocycles. The molecule has 0 saturated carbocycles. The largest absolute Gasteiger partial charge is 0.310 e. The van der Waals surface area contributed by atoms with Crippen molar-refractivity contribution in [2.45, 2.75) is 36.5 Å². The Morgan fingerprint density at radius 1 is 1.53 bits per heavy atom. The molecule has 2 rings (SSSR count). The van der Waals surface area contributed by atoms with Gasteiger partial charge in [0.2, 0.25) is 0 Å². The molecule has 1 N–H and O–H groups in total. The Kier molecular flexibility index (Phi) is 3.75. The summed E-state index contributed by atoms with van der Waals surface area (Å²) in [6.07, 6.45) is 1.22. The van der Waals surface area contributed by atoms with E-state index >= 15 is 0 Å². The van der Waals surface area contributed by atoms with Crippen LogP contribution in [0.1, 0.15) is 31.9 Å². The van der Waals surface area contributed by atoms with Crippen molar-refractivity contribution in [2.24, 2.45) is 0 Å². The van der Waals surface area contributed by atoms with Crippen LogP contribution in [0.25, 0.3) is 0 Å². The van der Waals surface area contributed by atoms with E-state index in [-0.39, 0.29) is 0 Å². The molecule has 0 aliphatic carbocycles. The minimum atomic E-state index is 0.527. The summed E-state index contributed by atoms with van der Waals surface area (Å²) in [5.74, 6) is 0. The normalized spacial score (nSPS) is 25.0. The van der Waals surface area contributed by atoms with Crippen LogP contribution in [-0.2, 0) is 0 Å². The van der Waals surface area contributed by atoms with Crippen LogP contribution in [0.3, 0.4) is 0 Å². The van der Waals surface area contributed by atoms with E-state index in [2.05, 4.69) is 53.3 Å². The third kappa shape index (κ3) is 2.40. The van der Waals surface area contributed by atoms with E-state index in [1.54, 1.807) is 0 Å². The molecule has 3 heteroatoms. The summed E-state index contributed by atoms with van der Waals surface area (Å²) in [5, 5.41) is 4.26. The fourth-order valence-electron chi connectivity index (χ4n) is 2.07. The second-order valence-electron chi connectivity index (χ2n) is 3.93. The second kappa shape index (κ2) is 4.89. The zero-order valence-corrected chi connectivity index (χ0v) is 11.5. The summed E-state index contributed by atoms with van der Waals surface area (Å²) < 4.78 is 1.24. The smallest absolute Gasteiger partial charge is 0.0342 e. The van der Waals surface area contributed by atoms with Crippen LogP contribution in [0.5, 0.6) is 0 Å². The molecule has 0 saturated heterocycles. The Balaban J connectivity index is 2.37. The summed E-state index contributed by atoms with van der Waals surface area (Å²) in [6, 6.07) is 7.03. The van der Waals surface area contributed by atoms with Gasteiger partial charge in [-0.1, -0.05) is 26.0 Å². The maximum atomic E-state index is 3.64. The van der Waals surface area contributed by atoms with Gasteiger partial charge in [-0.05, 0) is 40.5 Å². The van der Waals surface area contributed by atoms with Gasteiger partial charge in [0.05, 0.1) is 0 Å². The topological polar surface area (TPSA) is 12.0 Å². The number of hydrogen-bond donors (Lipinski definition) is 1. The monoisotopic (exact) mass is 285 g/mol. The molecule has 0 radical (unpaired) electrons. The van der Waals surface area contributed by atoms with E-state index < -0.39 is 0 Å². The van der Waals surface area contributed by atoms with Crippen molar-refractivity contribution in [3.05, 3.63) is 28.2 Å².